The van der Waals surface area contributed by atoms with Crippen LogP contribution >= 0.6 is 0 Å². The van der Waals surface area contributed by atoms with Crippen LogP contribution in [-0.2, 0) is 4.79 Å². The van der Waals surface area contributed by atoms with Crippen LogP contribution in [0.15, 0.2) is 30.9 Å². The molecular weight excluding hydrogens is 228 g/mol. The van der Waals surface area contributed by atoms with Crippen LogP contribution in [0.25, 0.3) is 11.1 Å². The lowest BCUT2D eigenvalue weighted by molar-refractivity contribution is -0.118. The van der Waals surface area contributed by atoms with Crippen molar-refractivity contribution in [3.05, 3.63) is 30.9 Å². The highest BCUT2D eigenvalue weighted by molar-refractivity contribution is 5.84. The summed E-state index contributed by atoms with van der Waals surface area (Å²) in [5.41, 5.74) is 2.04. The number of aromatic nitrogens is 3. The largest absolute Gasteiger partial charge is 0.367 e. The summed E-state index contributed by atoms with van der Waals surface area (Å²) >= 11 is 0. The van der Waals surface area contributed by atoms with Crippen molar-refractivity contribution >= 4 is 11.7 Å². The molecule has 0 atom stereocenters. The van der Waals surface area contributed by atoms with Crippen molar-refractivity contribution in [2.45, 2.75) is 12.8 Å². The number of Topliss-reactive ketones (excluding diaryl/α,β-unsaturated/α-hetero) is 1. The molecule has 18 heavy (non-hydrogen) atoms. The van der Waals surface area contributed by atoms with E-state index in [0.29, 0.717) is 18.9 Å². The Bertz CT molecular complexity index is 533. The fourth-order valence-corrected chi connectivity index (χ4v) is 2.15. The van der Waals surface area contributed by atoms with E-state index < -0.39 is 0 Å². The van der Waals surface area contributed by atoms with Crippen molar-refractivity contribution in [3.8, 4) is 11.1 Å². The summed E-state index contributed by atoms with van der Waals surface area (Å²) in [6, 6.07) is 1.97. The van der Waals surface area contributed by atoms with E-state index in [1.807, 2.05) is 23.4 Å². The van der Waals surface area contributed by atoms with Gasteiger partial charge in [0.1, 0.15) is 0 Å². The summed E-state index contributed by atoms with van der Waals surface area (Å²) in [6.07, 6.45) is 8.93. The second-order valence-corrected chi connectivity index (χ2v) is 4.44. The zero-order chi connectivity index (χ0) is 12.4. The first-order valence-electron chi connectivity index (χ1n) is 6.05. The molecule has 0 saturated carbocycles. The van der Waals surface area contributed by atoms with Crippen LogP contribution < -0.4 is 4.90 Å². The molecule has 0 radical (unpaired) electrons. The molecule has 3 heterocycles. The first kappa shape index (κ1) is 11.0. The zero-order valence-corrected chi connectivity index (χ0v) is 9.97. The quantitative estimate of drug-likeness (QED) is 0.869. The van der Waals surface area contributed by atoms with E-state index in [1.54, 1.807) is 12.4 Å². The van der Waals surface area contributed by atoms with Gasteiger partial charge in [-0.2, -0.15) is 0 Å². The second-order valence-electron chi connectivity index (χ2n) is 4.44. The second kappa shape index (κ2) is 4.60. The van der Waals surface area contributed by atoms with Gasteiger partial charge in [0.2, 0.25) is 5.95 Å². The molecule has 1 saturated heterocycles. The molecule has 92 valence electrons. The molecule has 1 N–H and O–H groups in total. The minimum absolute atomic E-state index is 0.263. The fourth-order valence-electron chi connectivity index (χ4n) is 2.15. The molecule has 0 bridgehead atoms. The highest BCUT2D eigenvalue weighted by atomic mass is 16.1. The summed E-state index contributed by atoms with van der Waals surface area (Å²) in [6.45, 7) is 1.29. The van der Waals surface area contributed by atoms with Gasteiger partial charge in [0, 0.05) is 48.9 Å². The van der Waals surface area contributed by atoms with Crippen molar-refractivity contribution in [2.24, 2.45) is 0 Å². The zero-order valence-electron chi connectivity index (χ0n) is 9.97. The first-order chi connectivity index (χ1) is 8.83. The number of rotatable bonds is 2. The molecule has 5 heteroatoms. The number of nitrogens with one attached hydrogen (secondary N) is 1. The molecule has 0 amide bonds. The van der Waals surface area contributed by atoms with Crippen LogP contribution in [0.4, 0.5) is 5.95 Å². The Hall–Kier alpha value is -2.17. The average Bonchev–Trinajstić information content (AvgIpc) is 2.93. The summed E-state index contributed by atoms with van der Waals surface area (Å²) in [5, 5.41) is 0. The van der Waals surface area contributed by atoms with E-state index in [2.05, 4.69) is 15.0 Å². The van der Waals surface area contributed by atoms with E-state index in [1.165, 1.54) is 0 Å². The normalized spacial score (nSPS) is 16.0. The monoisotopic (exact) mass is 242 g/mol. The lowest BCUT2D eigenvalue weighted by Crippen LogP contribution is -2.36. The number of anilines is 1. The van der Waals surface area contributed by atoms with E-state index in [9.17, 15) is 4.79 Å². The number of hydrogen-bond acceptors (Lipinski definition) is 4. The lowest BCUT2D eigenvalue weighted by atomic mass is 10.1. The van der Waals surface area contributed by atoms with Crippen LogP contribution in [0.3, 0.4) is 0 Å². The first-order valence-corrected chi connectivity index (χ1v) is 6.05. The molecule has 0 unspecified atom stereocenters. The van der Waals surface area contributed by atoms with Gasteiger partial charge in [-0.05, 0) is 12.5 Å². The van der Waals surface area contributed by atoms with Gasteiger partial charge in [-0.1, -0.05) is 0 Å². The van der Waals surface area contributed by atoms with Crippen molar-refractivity contribution < 1.29 is 4.79 Å². The maximum Gasteiger partial charge on any atom is 0.225 e. The maximum atomic E-state index is 11.4. The highest BCUT2D eigenvalue weighted by Crippen LogP contribution is 2.19. The van der Waals surface area contributed by atoms with Crippen LogP contribution in [0.2, 0.25) is 0 Å². The summed E-state index contributed by atoms with van der Waals surface area (Å²) in [7, 11) is 0. The van der Waals surface area contributed by atoms with Gasteiger partial charge in [-0.15, -0.1) is 0 Å². The summed E-state index contributed by atoms with van der Waals surface area (Å²) < 4.78 is 0. The Morgan fingerprint density at radius 2 is 2.06 bits per heavy atom. The predicted molar refractivity (Wildman–Crippen MR) is 68.3 cm³/mol. The predicted octanol–water partition coefficient (Wildman–Crippen LogP) is 1.64. The van der Waals surface area contributed by atoms with Crippen molar-refractivity contribution in [1.29, 1.82) is 0 Å². The molecule has 2 aromatic rings. The van der Waals surface area contributed by atoms with Crippen LogP contribution in [0.5, 0.6) is 0 Å². The SMILES string of the molecule is O=C1CCCN(c2ncc(-c3cc[nH]c3)cn2)C1. The number of carbonyl (C=O) groups is 1. The standard InChI is InChI=1S/C13H14N4O/c18-12-2-1-5-17(9-12)13-15-7-11(8-16-13)10-3-4-14-6-10/h3-4,6-8,14H,1-2,5,9H2. The van der Waals surface area contributed by atoms with Crippen molar-refractivity contribution in [1.82, 2.24) is 15.0 Å². The number of ketones is 1. The topological polar surface area (TPSA) is 61.9 Å². The lowest BCUT2D eigenvalue weighted by Gasteiger charge is -2.25. The molecule has 1 aliphatic rings. The Morgan fingerprint density at radius 1 is 1.22 bits per heavy atom. The number of nitrogens with zero attached hydrogens (tertiary/aromatic N) is 3. The number of aromatic amines is 1. The van der Waals surface area contributed by atoms with Crippen molar-refractivity contribution in [3.63, 3.8) is 0 Å². The minimum atomic E-state index is 0.263. The molecule has 0 spiro atoms. The molecule has 1 aliphatic heterocycles. The summed E-state index contributed by atoms with van der Waals surface area (Å²) in [5.74, 6) is 0.905. The van der Waals surface area contributed by atoms with Gasteiger partial charge in [0.15, 0.2) is 5.78 Å². The van der Waals surface area contributed by atoms with Crippen molar-refractivity contribution in [2.75, 3.05) is 18.0 Å². The number of hydrogen-bond donors (Lipinski definition) is 1. The van der Waals surface area contributed by atoms with Crippen LogP contribution in [-0.4, -0.2) is 33.8 Å². The Balaban J connectivity index is 1.80. The number of H-pyrrole nitrogens is 1. The van der Waals surface area contributed by atoms with Gasteiger partial charge in [0.05, 0.1) is 6.54 Å². The molecular formula is C13H14N4O. The average molecular weight is 242 g/mol. The van der Waals surface area contributed by atoms with Crippen LogP contribution in [0, 0.1) is 0 Å². The molecule has 1 fully saturated rings. The third kappa shape index (κ3) is 2.11. The van der Waals surface area contributed by atoms with E-state index in [0.717, 1.165) is 24.1 Å². The van der Waals surface area contributed by atoms with E-state index in [-0.39, 0.29) is 5.78 Å². The summed E-state index contributed by atoms with van der Waals surface area (Å²) in [4.78, 5) is 25.0. The van der Waals surface area contributed by atoms with E-state index in [4.69, 9.17) is 0 Å². The molecule has 0 aliphatic carbocycles. The molecule has 2 aromatic heterocycles. The third-order valence-corrected chi connectivity index (χ3v) is 3.10. The van der Waals surface area contributed by atoms with Gasteiger partial charge in [0.25, 0.3) is 0 Å². The third-order valence-electron chi connectivity index (χ3n) is 3.10. The Kier molecular flexibility index (Phi) is 2.80. The van der Waals surface area contributed by atoms with E-state index >= 15 is 0 Å². The number of piperidine rings is 1. The molecule has 0 aromatic carbocycles. The minimum Gasteiger partial charge on any atom is -0.367 e. The van der Waals surface area contributed by atoms with Crippen LogP contribution in [0.1, 0.15) is 12.8 Å². The number of carbonyl (C=O) groups excluding carboxylic acids is 1. The van der Waals surface area contributed by atoms with Gasteiger partial charge in [-0.3, -0.25) is 4.79 Å². The smallest absolute Gasteiger partial charge is 0.225 e. The highest BCUT2D eigenvalue weighted by Gasteiger charge is 2.18. The van der Waals surface area contributed by atoms with Gasteiger partial charge in [-0.25, -0.2) is 9.97 Å². The Labute approximate surface area is 105 Å². The molecule has 5 nitrogen and oxygen atoms in total. The fraction of sp³-hybridized carbons (Fsp3) is 0.308. The van der Waals surface area contributed by atoms with Gasteiger partial charge < -0.3 is 9.88 Å². The molecule has 3 rings (SSSR count). The maximum absolute atomic E-state index is 11.4. The Morgan fingerprint density at radius 3 is 2.72 bits per heavy atom. The van der Waals surface area contributed by atoms with Gasteiger partial charge >= 0.3 is 0 Å².